The van der Waals surface area contributed by atoms with Gasteiger partial charge >= 0.3 is 12.4 Å². The van der Waals surface area contributed by atoms with Gasteiger partial charge in [-0.3, -0.25) is 0 Å². The Morgan fingerprint density at radius 2 is 1.50 bits per heavy atom. The van der Waals surface area contributed by atoms with E-state index in [0.717, 1.165) is 7.11 Å². The van der Waals surface area contributed by atoms with Crippen molar-refractivity contribution in [3.63, 3.8) is 0 Å². The molecule has 1 fully saturated rings. The molecule has 3 unspecified atom stereocenters. The first-order valence-electron chi connectivity index (χ1n) is 7.88. The minimum absolute atomic E-state index is 0.138. The van der Waals surface area contributed by atoms with Crippen LogP contribution in [0.2, 0.25) is 0 Å². The zero-order valence-corrected chi connectivity index (χ0v) is 14.4. The SMILES string of the molecule is CCC1CC(CC(OCOC)(C(F)(F)F)C(F)(F)F)CC1(F)C(C)(F)F. The summed E-state index contributed by atoms with van der Waals surface area (Å²) in [5.41, 5.74) is -7.79. The molecular formula is C15H21F9O2. The molecule has 0 aromatic heterocycles. The van der Waals surface area contributed by atoms with Crippen molar-refractivity contribution in [2.45, 2.75) is 69.1 Å². The zero-order valence-electron chi connectivity index (χ0n) is 14.4. The summed E-state index contributed by atoms with van der Waals surface area (Å²) in [4.78, 5) is 0. The standard InChI is InChI=1S/C15H21F9O2/c1-4-10-5-9(6-12(10,18)11(2,16)17)7-13(14(19,20)21,15(22,23)24)26-8-25-3/h9-10H,4-8H2,1-3H3. The molecule has 1 aliphatic carbocycles. The maximum Gasteiger partial charge on any atom is 0.426 e. The van der Waals surface area contributed by atoms with Crippen molar-refractivity contribution in [1.82, 2.24) is 0 Å². The van der Waals surface area contributed by atoms with Crippen molar-refractivity contribution in [3.8, 4) is 0 Å². The van der Waals surface area contributed by atoms with E-state index in [-0.39, 0.29) is 13.3 Å². The quantitative estimate of drug-likeness (QED) is 0.403. The largest absolute Gasteiger partial charge is 0.426 e. The number of hydrogen-bond donors (Lipinski definition) is 0. The van der Waals surface area contributed by atoms with Crippen LogP contribution in [0.3, 0.4) is 0 Å². The number of alkyl halides is 9. The molecule has 0 saturated heterocycles. The van der Waals surface area contributed by atoms with E-state index >= 15 is 0 Å². The molecule has 26 heavy (non-hydrogen) atoms. The molecule has 0 amide bonds. The fraction of sp³-hybridized carbons (Fsp3) is 1.00. The Hall–Kier alpha value is -0.710. The summed E-state index contributed by atoms with van der Waals surface area (Å²) >= 11 is 0. The smallest absolute Gasteiger partial charge is 0.359 e. The van der Waals surface area contributed by atoms with Gasteiger partial charge in [0.05, 0.1) is 0 Å². The minimum Gasteiger partial charge on any atom is -0.359 e. The van der Waals surface area contributed by atoms with Crippen LogP contribution >= 0.6 is 0 Å². The molecular weight excluding hydrogens is 383 g/mol. The van der Waals surface area contributed by atoms with E-state index in [1.807, 2.05) is 0 Å². The number of rotatable bonds is 7. The van der Waals surface area contributed by atoms with E-state index < -0.39 is 67.4 Å². The first-order valence-corrected chi connectivity index (χ1v) is 7.88. The van der Waals surface area contributed by atoms with Crippen LogP contribution in [0, 0.1) is 11.8 Å². The number of hydrogen-bond acceptors (Lipinski definition) is 2. The maximum atomic E-state index is 14.8. The normalized spacial score (nSPS) is 28.6. The van der Waals surface area contributed by atoms with E-state index in [1.165, 1.54) is 6.92 Å². The van der Waals surface area contributed by atoms with Gasteiger partial charge in [0.1, 0.15) is 6.79 Å². The Bertz CT molecular complexity index is 455. The molecule has 0 bridgehead atoms. The molecule has 0 aromatic rings. The monoisotopic (exact) mass is 404 g/mol. The van der Waals surface area contributed by atoms with E-state index in [1.54, 1.807) is 0 Å². The molecule has 1 saturated carbocycles. The molecule has 0 radical (unpaired) electrons. The lowest BCUT2D eigenvalue weighted by Crippen LogP contribution is -2.60. The lowest BCUT2D eigenvalue weighted by Gasteiger charge is -2.38. The fourth-order valence-electron chi connectivity index (χ4n) is 3.62. The van der Waals surface area contributed by atoms with Crippen molar-refractivity contribution < 1.29 is 49.0 Å². The third kappa shape index (κ3) is 4.07. The first-order chi connectivity index (χ1) is 11.6. The van der Waals surface area contributed by atoms with Gasteiger partial charge in [-0.05, 0) is 31.1 Å². The van der Waals surface area contributed by atoms with Gasteiger partial charge in [-0.15, -0.1) is 0 Å². The highest BCUT2D eigenvalue weighted by molar-refractivity contribution is 5.07. The zero-order chi connectivity index (χ0) is 20.6. The number of methoxy groups -OCH3 is 1. The summed E-state index contributed by atoms with van der Waals surface area (Å²) in [6.45, 7) is 0.323. The van der Waals surface area contributed by atoms with Gasteiger partial charge in [-0.2, -0.15) is 26.3 Å². The Kier molecular flexibility index (Phi) is 6.61. The van der Waals surface area contributed by atoms with Crippen molar-refractivity contribution in [3.05, 3.63) is 0 Å². The van der Waals surface area contributed by atoms with E-state index in [4.69, 9.17) is 0 Å². The molecule has 1 rings (SSSR count). The van der Waals surface area contributed by atoms with Crippen LogP contribution < -0.4 is 0 Å². The molecule has 2 nitrogen and oxygen atoms in total. The molecule has 0 heterocycles. The molecule has 0 spiro atoms. The molecule has 11 heteroatoms. The summed E-state index contributed by atoms with van der Waals surface area (Å²) in [5, 5.41) is 0. The Balaban J connectivity index is 3.25. The summed E-state index contributed by atoms with van der Waals surface area (Å²) in [6, 6.07) is 0. The highest BCUT2D eigenvalue weighted by Crippen LogP contribution is 2.57. The van der Waals surface area contributed by atoms with Crippen molar-refractivity contribution >= 4 is 0 Å². The van der Waals surface area contributed by atoms with Crippen LogP contribution in [0.4, 0.5) is 39.5 Å². The van der Waals surface area contributed by atoms with Gasteiger partial charge in [0.25, 0.3) is 11.5 Å². The third-order valence-corrected chi connectivity index (χ3v) is 4.99. The average molecular weight is 404 g/mol. The molecule has 1 aliphatic rings. The Labute approximate surface area is 145 Å². The molecule has 3 atom stereocenters. The maximum absolute atomic E-state index is 14.8. The van der Waals surface area contributed by atoms with Gasteiger partial charge in [0.2, 0.25) is 0 Å². The minimum atomic E-state index is -5.89. The van der Waals surface area contributed by atoms with Crippen LogP contribution in [0.25, 0.3) is 0 Å². The fourth-order valence-corrected chi connectivity index (χ4v) is 3.62. The number of halogens is 9. The Morgan fingerprint density at radius 1 is 1.00 bits per heavy atom. The van der Waals surface area contributed by atoms with Crippen LogP contribution in [-0.2, 0) is 9.47 Å². The van der Waals surface area contributed by atoms with Crippen molar-refractivity contribution in [1.29, 1.82) is 0 Å². The van der Waals surface area contributed by atoms with E-state index in [0.29, 0.717) is 0 Å². The van der Waals surface area contributed by atoms with Gasteiger partial charge in [-0.1, -0.05) is 13.3 Å². The van der Waals surface area contributed by atoms with E-state index in [9.17, 15) is 39.5 Å². The molecule has 156 valence electrons. The van der Waals surface area contributed by atoms with Gasteiger partial charge < -0.3 is 9.47 Å². The molecule has 0 aliphatic heterocycles. The summed E-state index contributed by atoms with van der Waals surface area (Å²) in [6.07, 6.45) is -15.3. The highest BCUT2D eigenvalue weighted by Gasteiger charge is 2.74. The van der Waals surface area contributed by atoms with Gasteiger partial charge in [-0.25, -0.2) is 13.2 Å². The van der Waals surface area contributed by atoms with Crippen LogP contribution in [0.1, 0.15) is 39.5 Å². The van der Waals surface area contributed by atoms with Gasteiger partial charge in [0.15, 0.2) is 5.67 Å². The van der Waals surface area contributed by atoms with Crippen molar-refractivity contribution in [2.75, 3.05) is 13.9 Å². The average Bonchev–Trinajstić information content (AvgIpc) is 2.77. The van der Waals surface area contributed by atoms with Gasteiger partial charge in [0, 0.05) is 14.0 Å². The Morgan fingerprint density at radius 3 is 1.81 bits per heavy atom. The summed E-state index contributed by atoms with van der Waals surface area (Å²) in [7, 11) is 0.838. The third-order valence-electron chi connectivity index (χ3n) is 4.99. The second-order valence-electron chi connectivity index (χ2n) is 6.74. The number of ether oxygens (including phenoxy) is 2. The van der Waals surface area contributed by atoms with Crippen LogP contribution in [0.5, 0.6) is 0 Å². The summed E-state index contributed by atoms with van der Waals surface area (Å²) in [5.74, 6) is -6.83. The predicted octanol–water partition coefficient (Wildman–Crippen LogP) is 5.66. The lowest BCUT2D eigenvalue weighted by molar-refractivity contribution is -0.396. The first kappa shape index (κ1) is 23.3. The highest BCUT2D eigenvalue weighted by atomic mass is 19.4. The van der Waals surface area contributed by atoms with E-state index in [2.05, 4.69) is 9.47 Å². The predicted molar refractivity (Wildman–Crippen MR) is 73.4 cm³/mol. The lowest BCUT2D eigenvalue weighted by atomic mass is 9.85. The topological polar surface area (TPSA) is 18.5 Å². The van der Waals surface area contributed by atoms with Crippen LogP contribution in [0.15, 0.2) is 0 Å². The van der Waals surface area contributed by atoms with Crippen LogP contribution in [-0.4, -0.2) is 43.4 Å². The summed E-state index contributed by atoms with van der Waals surface area (Å²) < 4.78 is 130. The van der Waals surface area contributed by atoms with Crippen molar-refractivity contribution in [2.24, 2.45) is 11.8 Å². The molecule has 0 N–H and O–H groups in total. The second-order valence-corrected chi connectivity index (χ2v) is 6.74. The second kappa shape index (κ2) is 7.37. The molecule has 0 aromatic carbocycles.